The predicted molar refractivity (Wildman–Crippen MR) is 87.6 cm³/mol. The first-order valence-corrected chi connectivity index (χ1v) is 7.64. The molecule has 1 N–H and O–H groups in total. The maximum absolute atomic E-state index is 12.8. The van der Waals surface area contributed by atoms with Gasteiger partial charge in [0.05, 0.1) is 18.5 Å². The Morgan fingerprint density at radius 1 is 1.35 bits per heavy atom. The number of carbonyl (C=O) groups is 1. The van der Waals surface area contributed by atoms with Crippen molar-refractivity contribution in [2.75, 3.05) is 18.6 Å². The number of nitrogens with zero attached hydrogens (tertiary/aromatic N) is 2. The molecule has 23 heavy (non-hydrogen) atoms. The maximum atomic E-state index is 12.8. The van der Waals surface area contributed by atoms with Crippen LogP contribution in [-0.2, 0) is 16.8 Å². The topological polar surface area (TPSA) is 62.7 Å². The van der Waals surface area contributed by atoms with E-state index in [1.54, 1.807) is 30.3 Å². The van der Waals surface area contributed by atoms with Crippen LogP contribution in [0.5, 0.6) is 5.75 Å². The molecule has 1 atom stereocenters. The number of benzene rings is 1. The molecule has 0 fully saturated rings. The van der Waals surface area contributed by atoms with Crippen molar-refractivity contribution in [1.29, 1.82) is 0 Å². The number of aromatic nitrogens is 1. The predicted octanol–water partition coefficient (Wildman–Crippen LogP) is 2.20. The summed E-state index contributed by atoms with van der Waals surface area (Å²) in [6, 6.07) is 9.25. The summed E-state index contributed by atoms with van der Waals surface area (Å²) in [5.74, 6) is 0.256. The first kappa shape index (κ1) is 15.5. The van der Waals surface area contributed by atoms with Crippen molar-refractivity contribution in [3.05, 3.63) is 53.3 Å². The van der Waals surface area contributed by atoms with Gasteiger partial charge in [-0.05, 0) is 32.0 Å². The highest BCUT2D eigenvalue weighted by molar-refractivity contribution is 6.07. The first-order chi connectivity index (χ1) is 11.0. The van der Waals surface area contributed by atoms with E-state index < -0.39 is 5.60 Å². The molecule has 120 valence electrons. The Balaban J connectivity index is 2.10. The zero-order chi connectivity index (χ0) is 16.6. The highest BCUT2D eigenvalue weighted by atomic mass is 16.5. The molecule has 5 nitrogen and oxygen atoms in total. The highest BCUT2D eigenvalue weighted by Crippen LogP contribution is 2.43. The van der Waals surface area contributed by atoms with Crippen LogP contribution in [-0.4, -0.2) is 29.7 Å². The lowest BCUT2D eigenvalue weighted by Crippen LogP contribution is -2.42. The zero-order valence-corrected chi connectivity index (χ0v) is 13.5. The van der Waals surface area contributed by atoms with Gasteiger partial charge in [-0.25, -0.2) is 0 Å². The fourth-order valence-corrected chi connectivity index (χ4v) is 3.13. The molecule has 0 saturated heterocycles. The molecule has 0 spiro atoms. The minimum atomic E-state index is -1.61. The number of rotatable bonds is 4. The number of hydrogen-bond donors (Lipinski definition) is 1. The third-order valence-corrected chi connectivity index (χ3v) is 4.30. The van der Waals surface area contributed by atoms with Gasteiger partial charge in [-0.3, -0.25) is 9.78 Å². The normalized spacial score (nSPS) is 19.8. The van der Waals surface area contributed by atoms with Crippen molar-refractivity contribution in [3.63, 3.8) is 0 Å². The van der Waals surface area contributed by atoms with Crippen molar-refractivity contribution < 1.29 is 14.6 Å². The monoisotopic (exact) mass is 312 g/mol. The largest absolute Gasteiger partial charge is 0.495 e. The summed E-state index contributed by atoms with van der Waals surface area (Å²) < 4.78 is 5.30. The van der Waals surface area contributed by atoms with Gasteiger partial charge in [0.25, 0.3) is 5.91 Å². The van der Waals surface area contributed by atoms with Crippen LogP contribution in [0.15, 0.2) is 36.5 Å². The Kier molecular flexibility index (Phi) is 3.82. The molecule has 1 aliphatic heterocycles. The summed E-state index contributed by atoms with van der Waals surface area (Å²) in [7, 11) is 1.55. The van der Waals surface area contributed by atoms with Gasteiger partial charge in [0.2, 0.25) is 0 Å². The molecule has 0 aliphatic carbocycles. The second-order valence-corrected chi connectivity index (χ2v) is 5.76. The van der Waals surface area contributed by atoms with Crippen molar-refractivity contribution in [1.82, 2.24) is 4.98 Å². The number of hydrogen-bond acceptors (Lipinski definition) is 4. The molecule has 1 aromatic heterocycles. The number of amides is 1. The third-order valence-electron chi connectivity index (χ3n) is 4.30. The first-order valence-electron chi connectivity index (χ1n) is 7.64. The summed E-state index contributed by atoms with van der Waals surface area (Å²) in [6.45, 7) is 4.35. The number of carbonyl (C=O) groups excluding carboxylic acids is 1. The van der Waals surface area contributed by atoms with E-state index in [1.165, 1.54) is 0 Å². The van der Waals surface area contributed by atoms with Crippen LogP contribution >= 0.6 is 0 Å². The third kappa shape index (κ3) is 2.37. The number of aryl methyl sites for hydroxylation is 1. The van der Waals surface area contributed by atoms with Gasteiger partial charge in [-0.15, -0.1) is 0 Å². The van der Waals surface area contributed by atoms with E-state index in [-0.39, 0.29) is 12.3 Å². The second-order valence-electron chi connectivity index (χ2n) is 5.76. The maximum Gasteiger partial charge on any atom is 0.264 e. The lowest BCUT2D eigenvalue weighted by Gasteiger charge is -2.23. The van der Waals surface area contributed by atoms with Crippen LogP contribution in [0.1, 0.15) is 23.7 Å². The van der Waals surface area contributed by atoms with E-state index >= 15 is 0 Å². The Hall–Kier alpha value is -2.40. The van der Waals surface area contributed by atoms with Gasteiger partial charge in [0, 0.05) is 24.7 Å². The van der Waals surface area contributed by atoms with E-state index in [4.69, 9.17) is 4.74 Å². The average molecular weight is 312 g/mol. The number of aliphatic hydroxyl groups is 1. The number of ether oxygens (including phenoxy) is 1. The molecule has 1 unspecified atom stereocenters. The van der Waals surface area contributed by atoms with E-state index in [2.05, 4.69) is 4.98 Å². The standard InChI is InChI=1S/C18H20N2O3/c1-4-20-15-8-7-12(2)10-13(15)18(22,17(20)21)11-14-16(23-3)6-5-9-19-14/h5-10,22H,4,11H2,1-3H3. The SMILES string of the molecule is CCN1C(=O)C(O)(Cc2ncccc2OC)c2cc(C)ccc21. The smallest absolute Gasteiger partial charge is 0.264 e. The van der Waals surface area contributed by atoms with Crippen LogP contribution in [0.2, 0.25) is 0 Å². The number of likely N-dealkylation sites (N-methyl/N-ethyl adjacent to an activating group) is 1. The molecular formula is C18H20N2O3. The Labute approximate surface area is 135 Å². The number of pyridine rings is 1. The quantitative estimate of drug-likeness (QED) is 0.940. The van der Waals surface area contributed by atoms with E-state index in [9.17, 15) is 9.90 Å². The highest BCUT2D eigenvalue weighted by Gasteiger charge is 2.49. The minimum absolute atomic E-state index is 0.0861. The van der Waals surface area contributed by atoms with Crippen LogP contribution in [0.4, 0.5) is 5.69 Å². The molecule has 3 rings (SSSR count). The average Bonchev–Trinajstić information content (AvgIpc) is 2.76. The van der Waals surface area contributed by atoms with Crippen LogP contribution < -0.4 is 9.64 Å². The summed E-state index contributed by atoms with van der Waals surface area (Å²) in [6.07, 6.45) is 1.72. The van der Waals surface area contributed by atoms with Crippen LogP contribution in [0.25, 0.3) is 0 Å². The van der Waals surface area contributed by atoms with E-state index in [0.29, 0.717) is 23.6 Å². The van der Waals surface area contributed by atoms with Gasteiger partial charge in [0.15, 0.2) is 5.60 Å². The lowest BCUT2D eigenvalue weighted by atomic mass is 9.89. The molecule has 5 heteroatoms. The molecule has 1 aromatic carbocycles. The van der Waals surface area contributed by atoms with Gasteiger partial charge >= 0.3 is 0 Å². The number of fused-ring (bicyclic) bond motifs is 1. The number of methoxy groups -OCH3 is 1. The summed E-state index contributed by atoms with van der Waals surface area (Å²) >= 11 is 0. The zero-order valence-electron chi connectivity index (χ0n) is 13.5. The second kappa shape index (κ2) is 5.66. The van der Waals surface area contributed by atoms with E-state index in [1.807, 2.05) is 32.0 Å². The van der Waals surface area contributed by atoms with Crippen molar-refractivity contribution >= 4 is 11.6 Å². The summed E-state index contributed by atoms with van der Waals surface area (Å²) in [5.41, 5.74) is 1.36. The Morgan fingerprint density at radius 3 is 2.83 bits per heavy atom. The van der Waals surface area contributed by atoms with Crippen molar-refractivity contribution in [2.24, 2.45) is 0 Å². The van der Waals surface area contributed by atoms with Crippen molar-refractivity contribution in [3.8, 4) is 5.75 Å². The van der Waals surface area contributed by atoms with Crippen LogP contribution in [0.3, 0.4) is 0 Å². The molecular weight excluding hydrogens is 292 g/mol. The number of anilines is 1. The molecule has 0 saturated carbocycles. The summed E-state index contributed by atoms with van der Waals surface area (Å²) in [4.78, 5) is 18.7. The minimum Gasteiger partial charge on any atom is -0.495 e. The molecule has 1 aliphatic rings. The Morgan fingerprint density at radius 2 is 2.13 bits per heavy atom. The summed E-state index contributed by atoms with van der Waals surface area (Å²) in [5, 5.41) is 11.2. The lowest BCUT2D eigenvalue weighted by molar-refractivity contribution is -0.136. The Bertz CT molecular complexity index is 760. The van der Waals surface area contributed by atoms with Gasteiger partial charge < -0.3 is 14.7 Å². The molecule has 0 radical (unpaired) electrons. The fourth-order valence-electron chi connectivity index (χ4n) is 3.13. The van der Waals surface area contributed by atoms with Gasteiger partial charge in [-0.1, -0.05) is 17.7 Å². The van der Waals surface area contributed by atoms with Gasteiger partial charge in [0.1, 0.15) is 5.75 Å². The molecule has 2 heterocycles. The molecule has 0 bridgehead atoms. The van der Waals surface area contributed by atoms with Gasteiger partial charge in [-0.2, -0.15) is 0 Å². The molecule has 1 amide bonds. The van der Waals surface area contributed by atoms with E-state index in [0.717, 1.165) is 11.3 Å². The molecule has 2 aromatic rings. The van der Waals surface area contributed by atoms with Crippen LogP contribution in [0, 0.1) is 6.92 Å². The fraction of sp³-hybridized carbons (Fsp3) is 0.333. The van der Waals surface area contributed by atoms with Crippen molar-refractivity contribution in [2.45, 2.75) is 25.9 Å².